The minimum Gasteiger partial charge on any atom is -0.369 e. The van der Waals surface area contributed by atoms with Crippen LogP contribution in [-0.2, 0) is 0 Å². The molecule has 0 saturated heterocycles. The fourth-order valence-corrected chi connectivity index (χ4v) is 1.48. The molecular formula is C12H23N5. The van der Waals surface area contributed by atoms with Gasteiger partial charge in [-0.1, -0.05) is 13.3 Å². The Morgan fingerprint density at radius 1 is 1.29 bits per heavy atom. The van der Waals surface area contributed by atoms with Gasteiger partial charge in [-0.2, -0.15) is 0 Å². The second kappa shape index (κ2) is 7.84. The Morgan fingerprint density at radius 3 is 2.82 bits per heavy atom. The van der Waals surface area contributed by atoms with Gasteiger partial charge in [0, 0.05) is 32.7 Å². The summed E-state index contributed by atoms with van der Waals surface area (Å²) in [6.45, 7) is 5.01. The van der Waals surface area contributed by atoms with Crippen LogP contribution in [0.2, 0.25) is 0 Å². The first kappa shape index (κ1) is 13.7. The van der Waals surface area contributed by atoms with Crippen molar-refractivity contribution >= 4 is 11.6 Å². The average Bonchev–Trinajstić information content (AvgIpc) is 2.36. The van der Waals surface area contributed by atoms with Gasteiger partial charge < -0.3 is 15.5 Å². The van der Waals surface area contributed by atoms with E-state index in [-0.39, 0.29) is 0 Å². The van der Waals surface area contributed by atoms with Crippen molar-refractivity contribution in [3.63, 3.8) is 0 Å². The molecule has 0 aliphatic carbocycles. The molecule has 0 radical (unpaired) electrons. The number of aromatic nitrogens is 2. The molecule has 96 valence electrons. The highest BCUT2D eigenvalue weighted by Gasteiger charge is 2.03. The molecule has 1 heterocycles. The minimum absolute atomic E-state index is 0.867. The maximum Gasteiger partial charge on any atom is 0.133 e. The van der Waals surface area contributed by atoms with Crippen LogP contribution in [0.5, 0.6) is 0 Å². The summed E-state index contributed by atoms with van der Waals surface area (Å²) in [7, 11) is 4.00. The van der Waals surface area contributed by atoms with E-state index in [4.69, 9.17) is 0 Å². The van der Waals surface area contributed by atoms with E-state index in [1.165, 1.54) is 12.8 Å². The Bertz CT molecular complexity index is 316. The lowest BCUT2D eigenvalue weighted by atomic mass is 10.3. The lowest BCUT2D eigenvalue weighted by Gasteiger charge is -2.18. The zero-order chi connectivity index (χ0) is 12.5. The van der Waals surface area contributed by atoms with Crippen molar-refractivity contribution < 1.29 is 0 Å². The molecule has 1 aromatic rings. The Kier molecular flexibility index (Phi) is 6.32. The van der Waals surface area contributed by atoms with E-state index in [9.17, 15) is 0 Å². The first-order chi connectivity index (χ1) is 8.27. The van der Waals surface area contributed by atoms with Gasteiger partial charge in [-0.15, -0.1) is 0 Å². The predicted octanol–water partition coefficient (Wildman–Crippen LogP) is 1.34. The molecule has 0 aromatic carbocycles. The second-order valence-electron chi connectivity index (χ2n) is 4.07. The summed E-state index contributed by atoms with van der Waals surface area (Å²) < 4.78 is 0. The van der Waals surface area contributed by atoms with Gasteiger partial charge in [-0.05, 0) is 13.5 Å². The molecule has 17 heavy (non-hydrogen) atoms. The van der Waals surface area contributed by atoms with E-state index >= 15 is 0 Å². The predicted molar refractivity (Wildman–Crippen MR) is 72.6 cm³/mol. The molecule has 0 aliphatic heterocycles. The third-order valence-electron chi connectivity index (χ3n) is 2.57. The number of nitrogens with one attached hydrogen (secondary N) is 2. The summed E-state index contributed by atoms with van der Waals surface area (Å²) in [6, 6.07) is 1.99. The monoisotopic (exact) mass is 237 g/mol. The molecule has 0 unspecified atom stereocenters. The van der Waals surface area contributed by atoms with Crippen LogP contribution in [0.1, 0.15) is 19.8 Å². The van der Waals surface area contributed by atoms with Gasteiger partial charge in [-0.3, -0.25) is 0 Å². The van der Waals surface area contributed by atoms with Crippen molar-refractivity contribution in [2.45, 2.75) is 19.8 Å². The number of hydrogen-bond acceptors (Lipinski definition) is 5. The van der Waals surface area contributed by atoms with Gasteiger partial charge in [0.1, 0.15) is 18.0 Å². The average molecular weight is 237 g/mol. The van der Waals surface area contributed by atoms with Crippen molar-refractivity contribution in [1.82, 2.24) is 15.3 Å². The fraction of sp³-hybridized carbons (Fsp3) is 0.667. The zero-order valence-corrected chi connectivity index (χ0v) is 11.0. The summed E-state index contributed by atoms with van der Waals surface area (Å²) in [5.41, 5.74) is 0. The van der Waals surface area contributed by atoms with Crippen molar-refractivity contribution in [3.05, 3.63) is 12.4 Å². The summed E-state index contributed by atoms with van der Waals surface area (Å²) in [5, 5.41) is 6.34. The first-order valence-corrected chi connectivity index (χ1v) is 6.19. The Labute approximate surface area is 104 Å². The van der Waals surface area contributed by atoms with E-state index in [1.54, 1.807) is 6.33 Å². The number of rotatable bonds is 8. The summed E-state index contributed by atoms with van der Waals surface area (Å²) in [5.74, 6) is 1.86. The summed E-state index contributed by atoms with van der Waals surface area (Å²) in [4.78, 5) is 10.6. The lowest BCUT2D eigenvalue weighted by molar-refractivity contribution is 0.758. The van der Waals surface area contributed by atoms with Crippen LogP contribution in [0.25, 0.3) is 0 Å². The molecule has 0 saturated carbocycles. The highest BCUT2D eigenvalue weighted by molar-refractivity contribution is 5.47. The number of nitrogens with zero attached hydrogens (tertiary/aromatic N) is 3. The van der Waals surface area contributed by atoms with Crippen LogP contribution in [0, 0.1) is 0 Å². The van der Waals surface area contributed by atoms with Gasteiger partial charge in [0.2, 0.25) is 0 Å². The molecule has 1 aromatic heterocycles. The molecule has 5 nitrogen and oxygen atoms in total. The molecule has 0 atom stereocenters. The number of hydrogen-bond donors (Lipinski definition) is 2. The van der Waals surface area contributed by atoms with E-state index in [0.717, 1.165) is 31.3 Å². The Hall–Kier alpha value is -1.36. The van der Waals surface area contributed by atoms with Crippen molar-refractivity contribution in [1.29, 1.82) is 0 Å². The van der Waals surface area contributed by atoms with Crippen LogP contribution in [0.4, 0.5) is 11.6 Å². The lowest BCUT2D eigenvalue weighted by Crippen LogP contribution is -2.21. The quantitative estimate of drug-likeness (QED) is 0.668. The van der Waals surface area contributed by atoms with Gasteiger partial charge >= 0.3 is 0 Å². The van der Waals surface area contributed by atoms with Crippen LogP contribution in [0.15, 0.2) is 12.4 Å². The van der Waals surface area contributed by atoms with E-state index in [0.29, 0.717) is 0 Å². The second-order valence-corrected chi connectivity index (χ2v) is 4.07. The van der Waals surface area contributed by atoms with Crippen molar-refractivity contribution in [2.75, 3.05) is 43.9 Å². The SMILES string of the molecule is CCCCN(C)c1cc(NCCNC)ncn1. The molecule has 0 bridgehead atoms. The van der Waals surface area contributed by atoms with Crippen LogP contribution >= 0.6 is 0 Å². The number of likely N-dealkylation sites (N-methyl/N-ethyl adjacent to an activating group) is 1. The highest BCUT2D eigenvalue weighted by atomic mass is 15.2. The maximum atomic E-state index is 4.28. The number of anilines is 2. The molecule has 0 fully saturated rings. The van der Waals surface area contributed by atoms with Gasteiger partial charge in [-0.25, -0.2) is 9.97 Å². The van der Waals surface area contributed by atoms with Gasteiger partial charge in [0.15, 0.2) is 0 Å². The Morgan fingerprint density at radius 2 is 2.12 bits per heavy atom. The smallest absolute Gasteiger partial charge is 0.133 e. The molecule has 0 amide bonds. The molecule has 1 rings (SSSR count). The fourth-order valence-electron chi connectivity index (χ4n) is 1.48. The third-order valence-corrected chi connectivity index (χ3v) is 2.57. The Balaban J connectivity index is 2.52. The molecular weight excluding hydrogens is 214 g/mol. The first-order valence-electron chi connectivity index (χ1n) is 6.19. The van der Waals surface area contributed by atoms with Crippen molar-refractivity contribution in [3.8, 4) is 0 Å². The van der Waals surface area contributed by atoms with Crippen LogP contribution in [0.3, 0.4) is 0 Å². The largest absolute Gasteiger partial charge is 0.369 e. The van der Waals surface area contributed by atoms with Crippen LogP contribution < -0.4 is 15.5 Å². The summed E-state index contributed by atoms with van der Waals surface area (Å²) in [6.07, 6.45) is 3.99. The van der Waals surface area contributed by atoms with Gasteiger partial charge in [0.05, 0.1) is 0 Å². The van der Waals surface area contributed by atoms with Crippen LogP contribution in [-0.4, -0.2) is 43.7 Å². The van der Waals surface area contributed by atoms with Crippen molar-refractivity contribution in [2.24, 2.45) is 0 Å². The van der Waals surface area contributed by atoms with Gasteiger partial charge in [0.25, 0.3) is 0 Å². The molecule has 2 N–H and O–H groups in total. The van der Waals surface area contributed by atoms with E-state index in [1.807, 2.05) is 13.1 Å². The van der Waals surface area contributed by atoms with E-state index in [2.05, 4.69) is 39.5 Å². The third kappa shape index (κ3) is 4.99. The standard InChI is InChI=1S/C12H23N5/c1-4-5-8-17(3)12-9-11(15-10-16-12)14-7-6-13-2/h9-10,13H,4-8H2,1-3H3,(H,14,15,16). The topological polar surface area (TPSA) is 53.1 Å². The maximum absolute atomic E-state index is 4.28. The highest BCUT2D eigenvalue weighted by Crippen LogP contribution is 2.12. The normalized spacial score (nSPS) is 10.3. The summed E-state index contributed by atoms with van der Waals surface area (Å²) >= 11 is 0. The molecule has 0 aliphatic rings. The zero-order valence-electron chi connectivity index (χ0n) is 11.0. The molecule has 0 spiro atoms. The van der Waals surface area contributed by atoms with E-state index < -0.39 is 0 Å². The molecule has 5 heteroatoms. The minimum atomic E-state index is 0.867. The number of unbranched alkanes of at least 4 members (excludes halogenated alkanes) is 1.